The number of nitrogens with zero attached hydrogens (tertiary/aromatic N) is 2. The molecule has 1 amide bonds. The molecule has 2 heterocycles. The Balaban J connectivity index is 2.00. The Kier molecular flexibility index (Phi) is 4.90. The van der Waals surface area contributed by atoms with Crippen LogP contribution in [0, 0.1) is 25.1 Å². The normalized spacial score (nSPS) is 10.4. The van der Waals surface area contributed by atoms with Crippen molar-refractivity contribution in [3.63, 3.8) is 0 Å². The highest BCUT2D eigenvalue weighted by atomic mass is 19.1. The van der Waals surface area contributed by atoms with E-state index in [1.54, 1.807) is 20.0 Å². The van der Waals surface area contributed by atoms with Crippen LogP contribution in [-0.4, -0.2) is 28.0 Å². The second-order valence-corrected chi connectivity index (χ2v) is 5.91. The predicted molar refractivity (Wildman–Crippen MR) is 96.6 cm³/mol. The lowest BCUT2D eigenvalue weighted by Gasteiger charge is -2.01. The van der Waals surface area contributed by atoms with E-state index in [4.69, 9.17) is 10.9 Å². The first-order valence-electron chi connectivity index (χ1n) is 8.07. The molecule has 136 valence electrons. The second-order valence-electron chi connectivity index (χ2n) is 5.91. The minimum absolute atomic E-state index is 0.0851. The van der Waals surface area contributed by atoms with E-state index in [1.165, 1.54) is 35.0 Å². The van der Waals surface area contributed by atoms with Gasteiger partial charge in [0.2, 0.25) is 0 Å². The zero-order valence-corrected chi connectivity index (χ0v) is 14.7. The van der Waals surface area contributed by atoms with Gasteiger partial charge >= 0.3 is 0 Å². The van der Waals surface area contributed by atoms with Crippen molar-refractivity contribution in [3.8, 4) is 23.6 Å². The van der Waals surface area contributed by atoms with Crippen molar-refractivity contribution in [2.24, 2.45) is 7.05 Å². The largest absolute Gasteiger partial charge is 0.360 e. The molecule has 0 spiro atoms. The van der Waals surface area contributed by atoms with E-state index in [0.717, 1.165) is 0 Å². The number of ketones is 1. The van der Waals surface area contributed by atoms with Crippen molar-refractivity contribution in [3.05, 3.63) is 64.9 Å². The summed E-state index contributed by atoms with van der Waals surface area (Å²) in [6.45, 7) is 1.69. The molecule has 1 N–H and O–H groups in total. The molecule has 0 bridgehead atoms. The van der Waals surface area contributed by atoms with Gasteiger partial charge < -0.3 is 14.4 Å². The Morgan fingerprint density at radius 3 is 2.85 bits per heavy atom. The molecule has 0 unspecified atom stereocenters. The number of carbonyl (C=O) groups excluding carboxylic acids is 2. The number of rotatable bonds is 5. The molecular formula is C20H16FN3O3. The van der Waals surface area contributed by atoms with Gasteiger partial charge in [-0.25, -0.2) is 4.39 Å². The van der Waals surface area contributed by atoms with Gasteiger partial charge in [0.05, 0.1) is 12.1 Å². The van der Waals surface area contributed by atoms with Crippen molar-refractivity contribution in [2.75, 3.05) is 6.54 Å². The van der Waals surface area contributed by atoms with Gasteiger partial charge in [-0.15, -0.1) is 6.42 Å². The van der Waals surface area contributed by atoms with Crippen molar-refractivity contribution in [1.82, 2.24) is 15.0 Å². The molecule has 7 heteroatoms. The number of aromatic nitrogens is 2. The monoisotopic (exact) mass is 365 g/mol. The Morgan fingerprint density at radius 2 is 2.15 bits per heavy atom. The van der Waals surface area contributed by atoms with Gasteiger partial charge in [0, 0.05) is 24.4 Å². The molecule has 2 aromatic heterocycles. The van der Waals surface area contributed by atoms with Gasteiger partial charge in [-0.2, -0.15) is 0 Å². The number of hydrogen-bond acceptors (Lipinski definition) is 4. The van der Waals surface area contributed by atoms with Crippen LogP contribution < -0.4 is 5.32 Å². The van der Waals surface area contributed by atoms with Crippen LogP contribution in [0.2, 0.25) is 0 Å². The van der Waals surface area contributed by atoms with E-state index in [9.17, 15) is 14.0 Å². The van der Waals surface area contributed by atoms with Gasteiger partial charge in [-0.1, -0.05) is 23.2 Å². The molecule has 0 aliphatic heterocycles. The number of halogens is 1. The van der Waals surface area contributed by atoms with Crippen molar-refractivity contribution >= 4 is 11.7 Å². The van der Waals surface area contributed by atoms with E-state index in [-0.39, 0.29) is 40.7 Å². The highest BCUT2D eigenvalue weighted by molar-refractivity contribution is 6.13. The molecular weight excluding hydrogens is 349 g/mol. The Hall–Kier alpha value is -3.66. The summed E-state index contributed by atoms with van der Waals surface area (Å²) in [7, 11) is 1.65. The van der Waals surface area contributed by atoms with Crippen LogP contribution in [0.5, 0.6) is 0 Å². The predicted octanol–water partition coefficient (Wildman–Crippen LogP) is 2.72. The molecule has 6 nitrogen and oxygen atoms in total. The van der Waals surface area contributed by atoms with Crippen LogP contribution in [0.3, 0.4) is 0 Å². The third-order valence-corrected chi connectivity index (χ3v) is 4.04. The smallest absolute Gasteiger partial charge is 0.268 e. The first-order chi connectivity index (χ1) is 12.9. The highest BCUT2D eigenvalue weighted by Crippen LogP contribution is 2.28. The summed E-state index contributed by atoms with van der Waals surface area (Å²) in [5, 5.41) is 6.46. The quantitative estimate of drug-likeness (QED) is 0.557. The maximum absolute atomic E-state index is 13.6. The van der Waals surface area contributed by atoms with Gasteiger partial charge in [0.15, 0.2) is 5.78 Å². The first kappa shape index (κ1) is 18.1. The Morgan fingerprint density at radius 1 is 1.37 bits per heavy atom. The summed E-state index contributed by atoms with van der Waals surface area (Å²) in [6, 6.07) is 7.21. The number of hydrogen-bond donors (Lipinski definition) is 1. The summed E-state index contributed by atoms with van der Waals surface area (Å²) >= 11 is 0. The summed E-state index contributed by atoms with van der Waals surface area (Å²) in [6.07, 6.45) is 6.68. The Bertz CT molecular complexity index is 1070. The number of amides is 1. The third-order valence-electron chi connectivity index (χ3n) is 4.04. The van der Waals surface area contributed by atoms with Crippen LogP contribution in [0.4, 0.5) is 4.39 Å². The van der Waals surface area contributed by atoms with E-state index >= 15 is 0 Å². The number of aryl methyl sites for hydroxylation is 2. The molecule has 0 atom stereocenters. The number of benzene rings is 1. The van der Waals surface area contributed by atoms with E-state index in [0.29, 0.717) is 11.3 Å². The molecule has 0 saturated carbocycles. The molecule has 0 fully saturated rings. The zero-order valence-electron chi connectivity index (χ0n) is 14.7. The van der Waals surface area contributed by atoms with E-state index in [2.05, 4.69) is 16.4 Å². The molecule has 0 saturated heterocycles. The molecule has 0 aliphatic rings. The average molecular weight is 365 g/mol. The van der Waals surface area contributed by atoms with E-state index < -0.39 is 5.82 Å². The first-order valence-corrected chi connectivity index (χ1v) is 8.07. The fourth-order valence-corrected chi connectivity index (χ4v) is 2.75. The summed E-state index contributed by atoms with van der Waals surface area (Å²) in [5.74, 6) is 1.42. The molecule has 3 aromatic rings. The average Bonchev–Trinajstić information content (AvgIpc) is 3.22. The number of terminal acetylenes is 1. The summed E-state index contributed by atoms with van der Waals surface area (Å²) in [5.41, 5.74) is 1.47. The number of nitrogens with one attached hydrogen (secondary N) is 1. The Labute approximate surface area is 155 Å². The lowest BCUT2D eigenvalue weighted by Crippen LogP contribution is -2.25. The topological polar surface area (TPSA) is 77.1 Å². The minimum Gasteiger partial charge on any atom is -0.360 e. The van der Waals surface area contributed by atoms with Crippen LogP contribution in [-0.2, 0) is 7.05 Å². The van der Waals surface area contributed by atoms with Crippen molar-refractivity contribution in [2.45, 2.75) is 6.92 Å². The van der Waals surface area contributed by atoms with Crippen LogP contribution in [0.15, 0.2) is 41.1 Å². The minimum atomic E-state index is -0.446. The fourth-order valence-electron chi connectivity index (χ4n) is 2.75. The fraction of sp³-hybridized carbons (Fsp3) is 0.150. The van der Waals surface area contributed by atoms with Gasteiger partial charge in [-0.05, 0) is 25.1 Å². The van der Waals surface area contributed by atoms with E-state index in [1.807, 2.05) is 0 Å². The highest BCUT2D eigenvalue weighted by Gasteiger charge is 2.25. The molecule has 27 heavy (non-hydrogen) atoms. The molecule has 0 radical (unpaired) electrons. The zero-order chi connectivity index (χ0) is 19.6. The van der Waals surface area contributed by atoms with Gasteiger partial charge in [0.1, 0.15) is 23.0 Å². The number of carbonyl (C=O) groups is 2. The van der Waals surface area contributed by atoms with Crippen LogP contribution >= 0.6 is 0 Å². The standard InChI is InChI=1S/C20H16FN3O3/c1-4-8-22-20(26)16-10-14(11-24(16)3)19(25)17-12(2)27-23-18(17)13-6-5-7-15(21)9-13/h1,5-7,9-11H,8H2,2-3H3,(H,22,26). The lowest BCUT2D eigenvalue weighted by atomic mass is 9.99. The summed E-state index contributed by atoms with van der Waals surface area (Å²) in [4.78, 5) is 25.2. The van der Waals surface area contributed by atoms with Crippen LogP contribution in [0.25, 0.3) is 11.3 Å². The maximum Gasteiger partial charge on any atom is 0.268 e. The summed E-state index contributed by atoms with van der Waals surface area (Å²) < 4.78 is 20.3. The van der Waals surface area contributed by atoms with Crippen molar-refractivity contribution in [1.29, 1.82) is 0 Å². The third kappa shape index (κ3) is 3.51. The molecule has 3 rings (SSSR count). The SMILES string of the molecule is C#CCNC(=O)c1cc(C(=O)c2c(-c3cccc(F)c3)noc2C)cn1C. The van der Waals surface area contributed by atoms with Gasteiger partial charge in [-0.3, -0.25) is 9.59 Å². The second kappa shape index (κ2) is 7.30. The van der Waals surface area contributed by atoms with Gasteiger partial charge in [0.25, 0.3) is 5.91 Å². The lowest BCUT2D eigenvalue weighted by molar-refractivity contribution is 0.0950. The van der Waals surface area contributed by atoms with Crippen molar-refractivity contribution < 1.29 is 18.5 Å². The van der Waals surface area contributed by atoms with Crippen LogP contribution in [0.1, 0.15) is 32.2 Å². The molecule has 1 aromatic carbocycles. The molecule has 0 aliphatic carbocycles. The maximum atomic E-state index is 13.6.